The lowest BCUT2D eigenvalue weighted by molar-refractivity contribution is 0.128. The lowest BCUT2D eigenvalue weighted by Crippen LogP contribution is -2.43. The second-order valence-electron chi connectivity index (χ2n) is 6.94. The van der Waals surface area contributed by atoms with Gasteiger partial charge in [0, 0.05) is 43.1 Å². The van der Waals surface area contributed by atoms with Crippen LogP contribution in [0.4, 0.5) is 0 Å². The second-order valence-corrected chi connectivity index (χ2v) is 8.99. The van der Waals surface area contributed by atoms with Crippen LogP contribution in [-0.4, -0.2) is 51.4 Å². The standard InChI is InChI=1S/C15H22N2O4S/c18-22(19,14-1-2-14)16-9-15-10-17(5-12-3-4-20-7-12)6-13(15)8-21-11-15/h3-4,7,13-14,16H,1-2,5-6,8-11H2/t13-,15+/m1/s1. The van der Waals surface area contributed by atoms with Gasteiger partial charge in [-0.25, -0.2) is 13.1 Å². The number of nitrogens with zero attached hydrogens (tertiary/aromatic N) is 1. The number of fused-ring (bicyclic) bond motifs is 1. The zero-order chi connectivity index (χ0) is 15.2. The molecule has 1 aliphatic carbocycles. The number of sulfonamides is 1. The first-order valence-corrected chi connectivity index (χ1v) is 9.42. The molecule has 22 heavy (non-hydrogen) atoms. The quantitative estimate of drug-likeness (QED) is 0.837. The monoisotopic (exact) mass is 326 g/mol. The maximum Gasteiger partial charge on any atom is 0.214 e. The Balaban J connectivity index is 1.42. The largest absolute Gasteiger partial charge is 0.472 e. The fourth-order valence-electron chi connectivity index (χ4n) is 3.69. The molecule has 0 aromatic carbocycles. The lowest BCUT2D eigenvalue weighted by atomic mass is 9.81. The Hall–Kier alpha value is -0.890. The number of rotatable bonds is 6. The van der Waals surface area contributed by atoms with Gasteiger partial charge in [-0.05, 0) is 18.9 Å². The molecule has 0 amide bonds. The molecule has 6 nitrogen and oxygen atoms in total. The molecule has 2 aliphatic heterocycles. The average Bonchev–Trinajstić information content (AvgIpc) is 2.95. The Labute approximate surface area is 130 Å². The van der Waals surface area contributed by atoms with Crippen LogP contribution >= 0.6 is 0 Å². The van der Waals surface area contributed by atoms with Gasteiger partial charge in [0.15, 0.2) is 0 Å². The van der Waals surface area contributed by atoms with Crippen molar-refractivity contribution in [2.24, 2.45) is 11.3 Å². The highest BCUT2D eigenvalue weighted by atomic mass is 32.2. The molecule has 4 rings (SSSR count). The summed E-state index contributed by atoms with van der Waals surface area (Å²) in [6.07, 6.45) is 5.06. The van der Waals surface area contributed by atoms with E-state index in [-0.39, 0.29) is 10.7 Å². The highest BCUT2D eigenvalue weighted by Gasteiger charge is 2.51. The molecule has 0 spiro atoms. The van der Waals surface area contributed by atoms with Gasteiger partial charge in [-0.1, -0.05) is 0 Å². The normalized spacial score (nSPS) is 32.5. The van der Waals surface area contributed by atoms with Gasteiger partial charge in [0.25, 0.3) is 0 Å². The van der Waals surface area contributed by atoms with E-state index in [0.717, 1.165) is 44.6 Å². The maximum absolute atomic E-state index is 12.1. The van der Waals surface area contributed by atoms with Crippen LogP contribution in [-0.2, 0) is 21.3 Å². The third-order valence-corrected chi connectivity index (χ3v) is 7.06. The first-order chi connectivity index (χ1) is 10.6. The molecule has 1 saturated carbocycles. The van der Waals surface area contributed by atoms with Crippen LogP contribution in [0.1, 0.15) is 18.4 Å². The van der Waals surface area contributed by atoms with Crippen LogP contribution in [0.25, 0.3) is 0 Å². The van der Waals surface area contributed by atoms with Gasteiger partial charge in [0.1, 0.15) is 0 Å². The van der Waals surface area contributed by atoms with Gasteiger partial charge in [0.05, 0.1) is 31.0 Å². The Morgan fingerprint density at radius 1 is 1.41 bits per heavy atom. The fraction of sp³-hybridized carbons (Fsp3) is 0.733. The van der Waals surface area contributed by atoms with E-state index < -0.39 is 10.0 Å². The zero-order valence-corrected chi connectivity index (χ0v) is 13.3. The maximum atomic E-state index is 12.1. The van der Waals surface area contributed by atoms with Crippen LogP contribution in [0.15, 0.2) is 23.0 Å². The summed E-state index contributed by atoms with van der Waals surface area (Å²) in [6, 6.07) is 1.98. The van der Waals surface area contributed by atoms with Crippen molar-refractivity contribution in [3.63, 3.8) is 0 Å². The zero-order valence-electron chi connectivity index (χ0n) is 12.5. The second kappa shape index (κ2) is 5.33. The average molecular weight is 326 g/mol. The van der Waals surface area contributed by atoms with E-state index in [1.54, 1.807) is 12.5 Å². The molecule has 3 heterocycles. The molecular formula is C15H22N2O4S. The summed E-state index contributed by atoms with van der Waals surface area (Å²) in [6.45, 7) is 4.55. The molecule has 3 aliphatic rings. The van der Waals surface area contributed by atoms with E-state index in [1.807, 2.05) is 6.07 Å². The van der Waals surface area contributed by atoms with Crippen LogP contribution in [0.2, 0.25) is 0 Å². The summed E-state index contributed by atoms with van der Waals surface area (Å²) in [7, 11) is -3.12. The predicted octanol–water partition coefficient (Wildman–Crippen LogP) is 0.810. The first kappa shape index (κ1) is 14.7. The van der Waals surface area contributed by atoms with Gasteiger partial charge in [-0.3, -0.25) is 4.90 Å². The van der Waals surface area contributed by atoms with Crippen molar-refractivity contribution in [3.05, 3.63) is 24.2 Å². The summed E-state index contributed by atoms with van der Waals surface area (Å²) in [5, 5.41) is -0.159. The first-order valence-electron chi connectivity index (χ1n) is 7.87. The van der Waals surface area contributed by atoms with Crippen LogP contribution < -0.4 is 4.72 Å². The molecule has 0 bridgehead atoms. The molecule has 2 atom stereocenters. The van der Waals surface area contributed by atoms with Crippen molar-refractivity contribution in [3.8, 4) is 0 Å². The summed E-state index contributed by atoms with van der Waals surface area (Å²) >= 11 is 0. The molecule has 0 unspecified atom stereocenters. The molecule has 3 fully saturated rings. The molecule has 1 N–H and O–H groups in total. The van der Waals surface area contributed by atoms with Crippen molar-refractivity contribution >= 4 is 10.0 Å². The minimum absolute atomic E-state index is 0.0777. The van der Waals surface area contributed by atoms with Crippen molar-refractivity contribution in [1.82, 2.24) is 9.62 Å². The third kappa shape index (κ3) is 2.71. The Bertz CT molecular complexity index is 626. The van der Waals surface area contributed by atoms with E-state index in [1.165, 1.54) is 0 Å². The van der Waals surface area contributed by atoms with Crippen LogP contribution in [0.3, 0.4) is 0 Å². The third-order valence-electron chi connectivity index (χ3n) is 5.17. The van der Waals surface area contributed by atoms with Crippen molar-refractivity contribution in [2.75, 3.05) is 32.8 Å². The summed E-state index contributed by atoms with van der Waals surface area (Å²) < 4.78 is 37.8. The Kier molecular flexibility index (Phi) is 3.56. The van der Waals surface area contributed by atoms with Crippen LogP contribution in [0, 0.1) is 11.3 Å². The molecule has 1 aromatic heterocycles. The Morgan fingerprint density at radius 2 is 2.27 bits per heavy atom. The van der Waals surface area contributed by atoms with Gasteiger partial charge >= 0.3 is 0 Å². The van der Waals surface area contributed by atoms with Crippen LogP contribution in [0.5, 0.6) is 0 Å². The number of likely N-dealkylation sites (tertiary alicyclic amines) is 1. The topological polar surface area (TPSA) is 71.8 Å². The van der Waals surface area contributed by atoms with E-state index >= 15 is 0 Å². The summed E-state index contributed by atoms with van der Waals surface area (Å²) in [4.78, 5) is 2.38. The number of nitrogens with one attached hydrogen (secondary N) is 1. The summed E-state index contributed by atoms with van der Waals surface area (Å²) in [5.41, 5.74) is 1.08. The minimum Gasteiger partial charge on any atom is -0.472 e. The summed E-state index contributed by atoms with van der Waals surface area (Å²) in [5.74, 6) is 0.404. The molecular weight excluding hydrogens is 304 g/mol. The molecule has 122 valence electrons. The van der Waals surface area contributed by atoms with E-state index in [4.69, 9.17) is 9.15 Å². The van der Waals surface area contributed by atoms with Gasteiger partial charge < -0.3 is 9.15 Å². The number of hydrogen-bond acceptors (Lipinski definition) is 5. The highest BCUT2D eigenvalue weighted by Crippen LogP contribution is 2.41. The van der Waals surface area contributed by atoms with Crippen molar-refractivity contribution in [1.29, 1.82) is 0 Å². The highest BCUT2D eigenvalue weighted by molar-refractivity contribution is 7.90. The molecule has 7 heteroatoms. The van der Waals surface area contributed by atoms with E-state index in [9.17, 15) is 8.42 Å². The van der Waals surface area contributed by atoms with Gasteiger partial charge in [0.2, 0.25) is 10.0 Å². The molecule has 1 aromatic rings. The molecule has 0 radical (unpaired) electrons. The SMILES string of the molecule is O=S(=O)(NC[C@]12COC[C@H]1CN(Cc1ccoc1)C2)C1CC1. The van der Waals surface area contributed by atoms with E-state index in [2.05, 4.69) is 9.62 Å². The Morgan fingerprint density at radius 3 is 3.00 bits per heavy atom. The number of hydrogen-bond donors (Lipinski definition) is 1. The number of ether oxygens (including phenoxy) is 1. The van der Waals surface area contributed by atoms with E-state index in [0.29, 0.717) is 19.1 Å². The molecule has 2 saturated heterocycles. The van der Waals surface area contributed by atoms with Crippen molar-refractivity contribution in [2.45, 2.75) is 24.6 Å². The minimum atomic E-state index is -3.12. The van der Waals surface area contributed by atoms with Gasteiger partial charge in [-0.15, -0.1) is 0 Å². The van der Waals surface area contributed by atoms with Crippen molar-refractivity contribution < 1.29 is 17.6 Å². The number of furan rings is 1. The predicted molar refractivity (Wildman–Crippen MR) is 80.7 cm³/mol. The smallest absolute Gasteiger partial charge is 0.214 e. The van der Waals surface area contributed by atoms with Gasteiger partial charge in [-0.2, -0.15) is 0 Å². The fourth-order valence-corrected chi connectivity index (χ4v) is 5.18. The lowest BCUT2D eigenvalue weighted by Gasteiger charge is -2.27.